The van der Waals surface area contributed by atoms with Crippen LogP contribution in [0, 0.1) is 17.5 Å². The molecule has 0 unspecified atom stereocenters. The van der Waals surface area contributed by atoms with Crippen molar-refractivity contribution in [3.8, 4) is 0 Å². The smallest absolute Gasteiger partial charge is 0.278 e. The van der Waals surface area contributed by atoms with E-state index in [0.29, 0.717) is 17.8 Å². The lowest BCUT2D eigenvalue weighted by atomic mass is 10.1. The van der Waals surface area contributed by atoms with Crippen LogP contribution >= 0.6 is 0 Å². The quantitative estimate of drug-likeness (QED) is 0.762. The molecule has 2 aromatic rings. The molecule has 0 atom stereocenters. The molecule has 0 radical (unpaired) electrons. The van der Waals surface area contributed by atoms with Gasteiger partial charge in [0, 0.05) is 12.1 Å². The van der Waals surface area contributed by atoms with E-state index in [4.69, 9.17) is 5.73 Å². The number of hydrogen-bond acceptors (Lipinski definition) is 3. The van der Waals surface area contributed by atoms with Crippen LogP contribution in [0.4, 0.5) is 24.5 Å². The van der Waals surface area contributed by atoms with Crippen LogP contribution < -0.4 is 11.1 Å². The van der Waals surface area contributed by atoms with Crippen molar-refractivity contribution in [1.82, 2.24) is 10.2 Å². The van der Waals surface area contributed by atoms with Gasteiger partial charge in [-0.25, -0.2) is 13.2 Å². The van der Waals surface area contributed by atoms with E-state index in [1.54, 1.807) is 0 Å². The Kier molecular flexibility index (Phi) is 3.88. The summed E-state index contributed by atoms with van der Waals surface area (Å²) in [6.45, 7) is 3.70. The fraction of sp³-hybridized carbons (Fsp3) is 0.231. The number of carbonyl (C=O) groups is 1. The number of nitrogens with two attached hydrogens (primary N) is 1. The molecule has 1 aromatic carbocycles. The highest BCUT2D eigenvalue weighted by molar-refractivity contribution is 6.06. The lowest BCUT2D eigenvalue weighted by Gasteiger charge is -2.06. The first-order valence-electron chi connectivity index (χ1n) is 6.11. The molecule has 1 amide bonds. The van der Waals surface area contributed by atoms with E-state index >= 15 is 0 Å². The Balaban J connectivity index is 2.29. The zero-order valence-electron chi connectivity index (χ0n) is 11.3. The number of aromatic nitrogens is 2. The van der Waals surface area contributed by atoms with Gasteiger partial charge in [0.1, 0.15) is 5.82 Å². The van der Waals surface area contributed by atoms with E-state index in [0.717, 1.165) is 0 Å². The van der Waals surface area contributed by atoms with Crippen molar-refractivity contribution >= 4 is 17.3 Å². The number of H-pyrrole nitrogens is 1. The van der Waals surface area contributed by atoms with Gasteiger partial charge in [-0.2, -0.15) is 5.10 Å². The molecule has 21 heavy (non-hydrogen) atoms. The second-order valence-corrected chi connectivity index (χ2v) is 4.75. The zero-order valence-corrected chi connectivity index (χ0v) is 11.3. The van der Waals surface area contributed by atoms with Crippen molar-refractivity contribution in [2.24, 2.45) is 0 Å². The highest BCUT2D eigenvalue weighted by Crippen LogP contribution is 2.24. The fourth-order valence-electron chi connectivity index (χ4n) is 1.78. The van der Waals surface area contributed by atoms with Crippen LogP contribution in [0.2, 0.25) is 0 Å². The molecule has 8 heteroatoms. The minimum Gasteiger partial charge on any atom is -0.395 e. The first kappa shape index (κ1) is 14.9. The normalized spacial score (nSPS) is 11.0. The van der Waals surface area contributed by atoms with Crippen molar-refractivity contribution in [2.75, 3.05) is 11.1 Å². The van der Waals surface area contributed by atoms with Gasteiger partial charge in [-0.3, -0.25) is 9.89 Å². The van der Waals surface area contributed by atoms with E-state index in [-0.39, 0.29) is 17.3 Å². The van der Waals surface area contributed by atoms with Crippen LogP contribution in [0.15, 0.2) is 12.1 Å². The number of carbonyl (C=O) groups excluding carboxylic acids is 1. The van der Waals surface area contributed by atoms with Gasteiger partial charge >= 0.3 is 0 Å². The molecule has 5 nitrogen and oxygen atoms in total. The summed E-state index contributed by atoms with van der Waals surface area (Å²) in [5, 5.41) is 8.47. The number of benzene rings is 1. The number of hydrogen-bond donors (Lipinski definition) is 3. The summed E-state index contributed by atoms with van der Waals surface area (Å²) in [6.07, 6.45) is 0. The SMILES string of the molecule is CC(C)c1[nH]nc(C(=O)Nc2cc(F)c(F)cc2F)c1N. The van der Waals surface area contributed by atoms with E-state index in [1.807, 2.05) is 13.8 Å². The van der Waals surface area contributed by atoms with Gasteiger partial charge in [0.25, 0.3) is 5.91 Å². The second kappa shape index (κ2) is 5.47. The summed E-state index contributed by atoms with van der Waals surface area (Å²) in [5.74, 6) is -4.52. The molecular formula is C13H13F3N4O. The number of anilines is 2. The molecule has 1 aromatic heterocycles. The van der Waals surface area contributed by atoms with Crippen LogP contribution in [0.1, 0.15) is 35.9 Å². The number of aromatic amines is 1. The molecule has 1 heterocycles. The van der Waals surface area contributed by atoms with Gasteiger partial charge in [0.2, 0.25) is 0 Å². The van der Waals surface area contributed by atoms with Gasteiger partial charge in [-0.15, -0.1) is 0 Å². The summed E-state index contributed by atoms with van der Waals surface area (Å²) in [5.41, 5.74) is 5.83. The number of amides is 1. The molecule has 112 valence electrons. The van der Waals surface area contributed by atoms with Crippen LogP contribution in [0.3, 0.4) is 0 Å². The first-order valence-corrected chi connectivity index (χ1v) is 6.11. The molecule has 0 saturated carbocycles. The predicted molar refractivity (Wildman–Crippen MR) is 71.4 cm³/mol. The molecule has 4 N–H and O–H groups in total. The summed E-state index contributed by atoms with van der Waals surface area (Å²) in [7, 11) is 0. The van der Waals surface area contributed by atoms with Gasteiger partial charge in [0.05, 0.1) is 17.1 Å². The van der Waals surface area contributed by atoms with Gasteiger partial charge in [-0.1, -0.05) is 13.8 Å². The molecule has 0 aliphatic carbocycles. The predicted octanol–water partition coefficient (Wildman–Crippen LogP) is 2.78. The highest BCUT2D eigenvalue weighted by Gasteiger charge is 2.20. The molecule has 0 fully saturated rings. The van der Waals surface area contributed by atoms with Gasteiger partial charge < -0.3 is 11.1 Å². The maximum absolute atomic E-state index is 13.5. The Morgan fingerprint density at radius 2 is 1.86 bits per heavy atom. The zero-order chi connectivity index (χ0) is 15.7. The van der Waals surface area contributed by atoms with E-state index in [2.05, 4.69) is 15.5 Å². The number of nitrogen functional groups attached to an aromatic ring is 1. The third-order valence-corrected chi connectivity index (χ3v) is 2.88. The maximum Gasteiger partial charge on any atom is 0.278 e. The topological polar surface area (TPSA) is 83.8 Å². The van der Waals surface area contributed by atoms with Crippen LogP contribution in [0.5, 0.6) is 0 Å². The lowest BCUT2D eigenvalue weighted by molar-refractivity contribution is 0.102. The van der Waals surface area contributed by atoms with Crippen molar-refractivity contribution in [3.63, 3.8) is 0 Å². The number of halogens is 3. The van der Waals surface area contributed by atoms with Crippen molar-refractivity contribution in [2.45, 2.75) is 19.8 Å². The molecule has 0 spiro atoms. The summed E-state index contributed by atoms with van der Waals surface area (Å²) < 4.78 is 39.3. The molecule has 0 aliphatic heterocycles. The Morgan fingerprint density at radius 3 is 2.43 bits per heavy atom. The minimum absolute atomic E-state index is 0.0130. The largest absolute Gasteiger partial charge is 0.395 e. The molecule has 2 rings (SSSR count). The average molecular weight is 298 g/mol. The summed E-state index contributed by atoms with van der Waals surface area (Å²) in [6, 6.07) is 0.896. The number of rotatable bonds is 3. The molecule has 0 bridgehead atoms. The number of nitrogens with one attached hydrogen (secondary N) is 2. The Hall–Kier alpha value is -2.51. The monoisotopic (exact) mass is 298 g/mol. The maximum atomic E-state index is 13.5. The van der Waals surface area contributed by atoms with E-state index < -0.39 is 29.0 Å². The second-order valence-electron chi connectivity index (χ2n) is 4.75. The number of nitrogens with zero attached hydrogens (tertiary/aromatic N) is 1. The highest BCUT2D eigenvalue weighted by atomic mass is 19.2. The van der Waals surface area contributed by atoms with Gasteiger partial charge in [0.15, 0.2) is 17.3 Å². The molecule has 0 aliphatic rings. The average Bonchev–Trinajstić information content (AvgIpc) is 2.78. The van der Waals surface area contributed by atoms with Gasteiger partial charge in [-0.05, 0) is 5.92 Å². The lowest BCUT2D eigenvalue weighted by Crippen LogP contribution is -2.15. The van der Waals surface area contributed by atoms with Crippen LogP contribution in [-0.4, -0.2) is 16.1 Å². The Bertz CT molecular complexity index is 697. The molecular weight excluding hydrogens is 285 g/mol. The third kappa shape index (κ3) is 2.83. The Morgan fingerprint density at radius 1 is 1.24 bits per heavy atom. The van der Waals surface area contributed by atoms with Crippen molar-refractivity contribution in [1.29, 1.82) is 0 Å². The fourth-order valence-corrected chi connectivity index (χ4v) is 1.78. The van der Waals surface area contributed by atoms with Crippen molar-refractivity contribution in [3.05, 3.63) is 41.0 Å². The standard InChI is InChI=1S/C13H13F3N4O/c1-5(2)11-10(17)12(20-19-11)13(21)18-9-4-7(15)6(14)3-8(9)16/h3-5H,17H2,1-2H3,(H,18,21)(H,19,20). The summed E-state index contributed by atoms with van der Waals surface area (Å²) in [4.78, 5) is 12.0. The van der Waals surface area contributed by atoms with E-state index in [1.165, 1.54) is 0 Å². The van der Waals surface area contributed by atoms with E-state index in [9.17, 15) is 18.0 Å². The van der Waals surface area contributed by atoms with Crippen molar-refractivity contribution < 1.29 is 18.0 Å². The third-order valence-electron chi connectivity index (χ3n) is 2.88. The molecule has 0 saturated heterocycles. The summed E-state index contributed by atoms with van der Waals surface area (Å²) >= 11 is 0. The minimum atomic E-state index is -1.34. The van der Waals surface area contributed by atoms with Crippen LogP contribution in [-0.2, 0) is 0 Å². The Labute approximate surface area is 118 Å². The van der Waals surface area contributed by atoms with Crippen LogP contribution in [0.25, 0.3) is 0 Å². The first-order chi connectivity index (χ1) is 9.81.